The molecule has 34 heavy (non-hydrogen) atoms. The summed E-state index contributed by atoms with van der Waals surface area (Å²) in [5.74, 6) is 0.0332. The van der Waals surface area contributed by atoms with E-state index < -0.39 is 0 Å². The lowest BCUT2D eigenvalue weighted by molar-refractivity contribution is 0.0946. The Balaban J connectivity index is 1.67. The van der Waals surface area contributed by atoms with E-state index in [1.54, 1.807) is 24.4 Å². The molecule has 0 atom stereocenters. The zero-order valence-electron chi connectivity index (χ0n) is 19.8. The van der Waals surface area contributed by atoms with Crippen LogP contribution in [0.4, 0.5) is 0 Å². The first-order valence-corrected chi connectivity index (χ1v) is 11.2. The quantitative estimate of drug-likeness (QED) is 0.416. The third-order valence-corrected chi connectivity index (χ3v) is 6.33. The number of carbonyl (C=O) groups is 1. The molecule has 2 N–H and O–H groups in total. The van der Waals surface area contributed by atoms with E-state index in [0.29, 0.717) is 17.9 Å². The van der Waals surface area contributed by atoms with Crippen LogP contribution in [0, 0.1) is 6.92 Å². The molecule has 3 aromatic heterocycles. The third kappa shape index (κ3) is 3.64. The van der Waals surface area contributed by atoms with Gasteiger partial charge in [0.2, 0.25) is 0 Å². The van der Waals surface area contributed by atoms with Crippen LogP contribution in [-0.2, 0) is 7.05 Å². The molecule has 0 radical (unpaired) electrons. The van der Waals surface area contributed by atoms with Crippen molar-refractivity contribution in [3.05, 3.63) is 66.0 Å². The van der Waals surface area contributed by atoms with Crippen molar-refractivity contribution in [1.29, 1.82) is 0 Å². The smallest absolute Gasteiger partial charge is 0.269 e. The zero-order chi connectivity index (χ0) is 24.0. The molecule has 0 bridgehead atoms. The second-order valence-corrected chi connectivity index (χ2v) is 8.88. The van der Waals surface area contributed by atoms with E-state index >= 15 is 0 Å². The summed E-state index contributed by atoms with van der Waals surface area (Å²) in [5, 5.41) is 17.1. The number of pyridine rings is 2. The van der Waals surface area contributed by atoms with Crippen LogP contribution in [0.3, 0.4) is 0 Å². The van der Waals surface area contributed by atoms with Crippen LogP contribution in [-0.4, -0.2) is 57.6 Å². The SMILES string of the molecule is Cc1c2ccnc(-c3cccc(C(=O)NCCN(C)C)n3)c2cc2c3cc(O)ccc3n(C)c12. The van der Waals surface area contributed by atoms with E-state index in [2.05, 4.69) is 32.8 Å². The van der Waals surface area contributed by atoms with Gasteiger partial charge in [0, 0.05) is 48.0 Å². The average Bonchev–Trinajstić information content (AvgIpc) is 3.10. The molecule has 0 saturated heterocycles. The molecular formula is C27H27N5O2. The van der Waals surface area contributed by atoms with Gasteiger partial charge in [-0.15, -0.1) is 0 Å². The second-order valence-electron chi connectivity index (χ2n) is 8.88. The number of fused-ring (bicyclic) bond motifs is 4. The molecule has 5 aromatic rings. The van der Waals surface area contributed by atoms with Gasteiger partial charge < -0.3 is 19.9 Å². The van der Waals surface area contributed by atoms with Gasteiger partial charge in [-0.2, -0.15) is 0 Å². The Morgan fingerprint density at radius 3 is 2.68 bits per heavy atom. The number of phenolic OH excluding ortho intramolecular Hbond substituents is 1. The number of rotatable bonds is 5. The molecule has 0 aliphatic heterocycles. The average molecular weight is 454 g/mol. The Morgan fingerprint density at radius 1 is 1.06 bits per heavy atom. The molecule has 1 amide bonds. The van der Waals surface area contributed by atoms with E-state index in [4.69, 9.17) is 0 Å². The van der Waals surface area contributed by atoms with Crippen molar-refractivity contribution in [2.24, 2.45) is 7.05 Å². The third-order valence-electron chi connectivity index (χ3n) is 6.33. The molecule has 0 aliphatic carbocycles. The molecule has 7 nitrogen and oxygen atoms in total. The highest BCUT2D eigenvalue weighted by molar-refractivity contribution is 6.16. The van der Waals surface area contributed by atoms with E-state index in [1.807, 2.05) is 50.3 Å². The Morgan fingerprint density at radius 2 is 1.88 bits per heavy atom. The molecule has 3 heterocycles. The molecule has 5 rings (SSSR count). The number of hydrogen-bond donors (Lipinski definition) is 2. The summed E-state index contributed by atoms with van der Waals surface area (Å²) in [4.78, 5) is 24.0. The lowest BCUT2D eigenvalue weighted by Gasteiger charge is -2.12. The van der Waals surface area contributed by atoms with E-state index in [-0.39, 0.29) is 11.7 Å². The lowest BCUT2D eigenvalue weighted by Crippen LogP contribution is -2.31. The number of benzene rings is 2. The molecular weight excluding hydrogens is 426 g/mol. The number of phenols is 1. The van der Waals surface area contributed by atoms with Crippen LogP contribution in [0.25, 0.3) is 44.0 Å². The van der Waals surface area contributed by atoms with E-state index in [1.165, 1.54) is 0 Å². The van der Waals surface area contributed by atoms with E-state index in [9.17, 15) is 9.90 Å². The molecule has 7 heteroatoms. The summed E-state index contributed by atoms with van der Waals surface area (Å²) < 4.78 is 2.16. The fourth-order valence-corrected chi connectivity index (χ4v) is 4.66. The standard InChI is InChI=1S/C27H27N5O2/c1-16-18-10-11-28-25(22-6-5-7-23(30-22)27(34)29-12-13-31(2)3)20(18)15-21-19-14-17(33)8-9-24(19)32(4)26(16)21/h5-11,14-15,33H,12-13H2,1-4H3,(H,29,34). The normalized spacial score (nSPS) is 11.7. The first kappa shape index (κ1) is 21.9. The van der Waals surface area contributed by atoms with Gasteiger partial charge in [-0.1, -0.05) is 6.07 Å². The number of hydrogen-bond acceptors (Lipinski definition) is 5. The van der Waals surface area contributed by atoms with Gasteiger partial charge in [0.15, 0.2) is 0 Å². The van der Waals surface area contributed by atoms with Crippen LogP contribution in [0.15, 0.2) is 54.7 Å². The molecule has 172 valence electrons. The maximum atomic E-state index is 12.6. The molecule has 0 fully saturated rings. The number of amides is 1. The largest absolute Gasteiger partial charge is 0.508 e. The Kier molecular flexibility index (Phi) is 5.42. The monoisotopic (exact) mass is 453 g/mol. The van der Waals surface area contributed by atoms with Crippen LogP contribution in [0.5, 0.6) is 5.75 Å². The summed E-state index contributed by atoms with van der Waals surface area (Å²) in [5.41, 5.74) is 5.03. The number of carbonyl (C=O) groups excluding carboxylic acids is 1. The highest BCUT2D eigenvalue weighted by Crippen LogP contribution is 2.38. The van der Waals surface area contributed by atoms with Gasteiger partial charge in [-0.3, -0.25) is 9.78 Å². The van der Waals surface area contributed by atoms with Gasteiger partial charge >= 0.3 is 0 Å². The van der Waals surface area contributed by atoms with Gasteiger partial charge in [0.25, 0.3) is 5.91 Å². The Labute approximate surface area is 197 Å². The number of nitrogens with zero attached hydrogens (tertiary/aromatic N) is 4. The topological polar surface area (TPSA) is 83.3 Å². The van der Waals surface area contributed by atoms with Gasteiger partial charge in [0.1, 0.15) is 11.4 Å². The van der Waals surface area contributed by atoms with Crippen molar-refractivity contribution in [2.45, 2.75) is 6.92 Å². The first-order valence-electron chi connectivity index (χ1n) is 11.2. The summed E-state index contributed by atoms with van der Waals surface area (Å²) >= 11 is 0. The first-order chi connectivity index (χ1) is 16.3. The summed E-state index contributed by atoms with van der Waals surface area (Å²) in [6.45, 7) is 3.41. The van der Waals surface area contributed by atoms with Gasteiger partial charge in [-0.05, 0) is 74.4 Å². The van der Waals surface area contributed by atoms with Crippen LogP contribution >= 0.6 is 0 Å². The minimum Gasteiger partial charge on any atom is -0.508 e. The van der Waals surface area contributed by atoms with Crippen LogP contribution in [0.2, 0.25) is 0 Å². The van der Waals surface area contributed by atoms with E-state index in [0.717, 1.165) is 50.4 Å². The summed E-state index contributed by atoms with van der Waals surface area (Å²) in [6, 6.07) is 15.0. The van der Waals surface area contributed by atoms with Gasteiger partial charge in [0.05, 0.1) is 16.9 Å². The highest BCUT2D eigenvalue weighted by Gasteiger charge is 2.17. The molecule has 0 spiro atoms. The van der Waals surface area contributed by atoms with Crippen LogP contribution < -0.4 is 5.32 Å². The number of aryl methyl sites for hydroxylation is 2. The van der Waals surface area contributed by atoms with Crippen molar-refractivity contribution in [3.63, 3.8) is 0 Å². The van der Waals surface area contributed by atoms with Crippen molar-refractivity contribution in [1.82, 2.24) is 24.8 Å². The Hall–Kier alpha value is -3.97. The molecule has 2 aromatic carbocycles. The predicted octanol–water partition coefficient (Wildman–Crippen LogP) is 4.25. The fraction of sp³-hybridized carbons (Fsp3) is 0.222. The van der Waals surface area contributed by atoms with Crippen LogP contribution in [0.1, 0.15) is 16.1 Å². The van der Waals surface area contributed by atoms with Crippen molar-refractivity contribution in [2.75, 3.05) is 27.2 Å². The van der Waals surface area contributed by atoms with Crippen molar-refractivity contribution in [3.8, 4) is 17.1 Å². The molecule has 0 saturated carbocycles. The van der Waals surface area contributed by atoms with Crippen molar-refractivity contribution < 1.29 is 9.90 Å². The summed E-state index contributed by atoms with van der Waals surface area (Å²) in [6.07, 6.45) is 1.79. The number of aromatic hydroxyl groups is 1. The Bertz CT molecular complexity index is 1570. The summed E-state index contributed by atoms with van der Waals surface area (Å²) in [7, 11) is 5.98. The minimum atomic E-state index is -0.202. The highest BCUT2D eigenvalue weighted by atomic mass is 16.3. The maximum absolute atomic E-state index is 12.6. The second kappa shape index (κ2) is 8.43. The lowest BCUT2D eigenvalue weighted by atomic mass is 9.99. The van der Waals surface area contributed by atoms with Crippen molar-refractivity contribution >= 4 is 38.5 Å². The fourth-order valence-electron chi connectivity index (χ4n) is 4.66. The molecule has 0 aliphatic rings. The zero-order valence-corrected chi connectivity index (χ0v) is 19.8. The predicted molar refractivity (Wildman–Crippen MR) is 136 cm³/mol. The molecule has 0 unspecified atom stereocenters. The number of nitrogens with one attached hydrogen (secondary N) is 1. The van der Waals surface area contributed by atoms with Gasteiger partial charge in [-0.25, -0.2) is 4.98 Å². The minimum absolute atomic E-state index is 0.202. The maximum Gasteiger partial charge on any atom is 0.269 e. The number of likely N-dealkylation sites (N-methyl/N-ethyl adjacent to an activating group) is 1. The number of aromatic nitrogens is 3.